The van der Waals surface area contributed by atoms with Gasteiger partial charge >= 0.3 is 22.3 Å². The molecule has 0 radical (unpaired) electrons. The number of urea groups is 2. The average molecular weight is 549 g/mol. The molecule has 0 saturated carbocycles. The molecule has 0 unspecified atom stereocenters. The third-order valence-corrected chi connectivity index (χ3v) is 7.54. The zero-order chi connectivity index (χ0) is 27.9. The van der Waals surface area contributed by atoms with Gasteiger partial charge in [0.05, 0.1) is 23.4 Å². The van der Waals surface area contributed by atoms with Crippen molar-refractivity contribution in [2.45, 2.75) is 32.7 Å². The summed E-state index contributed by atoms with van der Waals surface area (Å²) in [5.74, 6) is 0.857. The van der Waals surface area contributed by atoms with Crippen molar-refractivity contribution < 1.29 is 18.0 Å². The van der Waals surface area contributed by atoms with Gasteiger partial charge in [0.2, 0.25) is 0 Å². The van der Waals surface area contributed by atoms with Crippen LogP contribution in [-0.2, 0) is 22.2 Å². The molecule has 0 aliphatic carbocycles. The second kappa shape index (κ2) is 9.67. The fourth-order valence-electron chi connectivity index (χ4n) is 4.01. The number of carbonyl (C=O) groups is 2. The second-order valence-electron chi connectivity index (χ2n) is 10.1. The van der Waals surface area contributed by atoms with Crippen LogP contribution in [0, 0.1) is 0 Å². The molecule has 3 N–H and O–H groups in total. The Balaban J connectivity index is 1.38. The van der Waals surface area contributed by atoms with Gasteiger partial charge in [-0.3, -0.25) is 10.6 Å². The van der Waals surface area contributed by atoms with Crippen molar-refractivity contribution in [1.82, 2.24) is 28.9 Å². The van der Waals surface area contributed by atoms with E-state index in [4.69, 9.17) is 5.10 Å². The number of aromatic nitrogens is 3. The minimum Gasteiger partial charge on any atom is -0.292 e. The number of hydrogen-bond donors (Lipinski definition) is 3. The van der Waals surface area contributed by atoms with Crippen LogP contribution in [0.15, 0.2) is 66.7 Å². The van der Waals surface area contributed by atoms with E-state index in [1.807, 2.05) is 61.9 Å². The second-order valence-corrected chi connectivity index (χ2v) is 11.7. The Morgan fingerprint density at radius 1 is 1.00 bits per heavy atom. The number of pyridine rings is 1. The fraction of sp³-hybridized carbons (Fsp3) is 0.231. The Labute approximate surface area is 225 Å². The van der Waals surface area contributed by atoms with Crippen molar-refractivity contribution in [3.63, 3.8) is 0 Å². The molecule has 13 heteroatoms. The average Bonchev–Trinajstić information content (AvgIpc) is 3.38. The molecule has 4 aromatic rings. The van der Waals surface area contributed by atoms with E-state index >= 15 is 0 Å². The Morgan fingerprint density at radius 2 is 1.72 bits per heavy atom. The summed E-state index contributed by atoms with van der Waals surface area (Å²) in [5.41, 5.74) is 2.55. The summed E-state index contributed by atoms with van der Waals surface area (Å²) < 4.78 is 28.9. The van der Waals surface area contributed by atoms with Crippen molar-refractivity contribution in [3.05, 3.63) is 78.0 Å². The Kier molecular flexibility index (Phi) is 6.48. The molecule has 1 aliphatic rings. The topological polar surface area (TPSA) is 142 Å². The van der Waals surface area contributed by atoms with E-state index in [1.54, 1.807) is 35.0 Å². The maximum atomic E-state index is 12.9. The molecule has 12 nitrogen and oxygen atoms in total. The zero-order valence-corrected chi connectivity index (χ0v) is 22.7. The van der Waals surface area contributed by atoms with E-state index in [9.17, 15) is 18.0 Å². The molecular formula is C26H28N8O4S. The number of fused-ring (bicyclic) bond motifs is 1. The smallest absolute Gasteiger partial charge is 0.292 e. The number of carbonyl (C=O) groups excluding carboxylic acids is 2. The van der Waals surface area contributed by atoms with Gasteiger partial charge in [-0.1, -0.05) is 55.5 Å². The van der Waals surface area contributed by atoms with E-state index in [0.717, 1.165) is 26.0 Å². The number of nitrogens with zero attached hydrogens (tertiary/aromatic N) is 5. The highest BCUT2D eigenvalue weighted by Gasteiger charge is 2.38. The van der Waals surface area contributed by atoms with Crippen LogP contribution < -0.4 is 15.4 Å². The third-order valence-electron chi connectivity index (χ3n) is 6.18. The van der Waals surface area contributed by atoms with Gasteiger partial charge in [0.15, 0.2) is 0 Å². The maximum Gasteiger partial charge on any atom is 0.347 e. The van der Waals surface area contributed by atoms with Crippen molar-refractivity contribution in [1.29, 1.82) is 0 Å². The highest BCUT2D eigenvalue weighted by molar-refractivity contribution is 7.88. The van der Waals surface area contributed by atoms with Gasteiger partial charge in [-0.25, -0.2) is 29.0 Å². The number of hydrazine groups is 1. The van der Waals surface area contributed by atoms with E-state index in [1.165, 1.54) is 7.05 Å². The minimum atomic E-state index is -3.93. The SMILES string of the molecule is CN1C(=O)NS(=O)(=O)N1Cc1ccc(-n2nc(C(C)(C)C)cc2NC(=O)Nc2ccc3ccccc3n2)cc1. The van der Waals surface area contributed by atoms with Crippen LogP contribution in [0.2, 0.25) is 0 Å². The number of benzene rings is 2. The van der Waals surface area contributed by atoms with Crippen LogP contribution in [0.25, 0.3) is 16.6 Å². The van der Waals surface area contributed by atoms with Gasteiger partial charge in [0, 0.05) is 23.9 Å². The summed E-state index contributed by atoms with van der Waals surface area (Å²) >= 11 is 0. The summed E-state index contributed by atoms with van der Waals surface area (Å²) in [6.45, 7) is 6.03. The first-order valence-electron chi connectivity index (χ1n) is 12.1. The fourth-order valence-corrected chi connectivity index (χ4v) is 5.19. The van der Waals surface area contributed by atoms with Gasteiger partial charge in [-0.05, 0) is 35.9 Å². The number of hydrogen-bond acceptors (Lipinski definition) is 6. The number of para-hydroxylation sites is 1. The largest absolute Gasteiger partial charge is 0.347 e. The lowest BCUT2D eigenvalue weighted by Crippen LogP contribution is -2.36. The monoisotopic (exact) mass is 548 g/mol. The van der Waals surface area contributed by atoms with Gasteiger partial charge in [0.25, 0.3) is 0 Å². The Bertz CT molecular complexity index is 1680. The van der Waals surface area contributed by atoms with Crippen LogP contribution >= 0.6 is 0 Å². The van der Waals surface area contributed by atoms with Crippen LogP contribution in [0.4, 0.5) is 21.2 Å². The summed E-state index contributed by atoms with van der Waals surface area (Å²) in [6.07, 6.45) is 0. The highest BCUT2D eigenvalue weighted by Crippen LogP contribution is 2.27. The van der Waals surface area contributed by atoms with Gasteiger partial charge in [-0.15, -0.1) is 0 Å². The first-order valence-corrected chi connectivity index (χ1v) is 13.6. The summed E-state index contributed by atoms with van der Waals surface area (Å²) in [5, 5.41) is 12.3. The third kappa shape index (κ3) is 5.40. The molecule has 5 rings (SSSR count). The predicted molar refractivity (Wildman–Crippen MR) is 147 cm³/mol. The van der Waals surface area contributed by atoms with Crippen LogP contribution in [0.1, 0.15) is 32.0 Å². The van der Waals surface area contributed by atoms with E-state index in [0.29, 0.717) is 22.9 Å². The Morgan fingerprint density at radius 3 is 2.38 bits per heavy atom. The number of rotatable bonds is 5. The van der Waals surface area contributed by atoms with Crippen LogP contribution in [0.3, 0.4) is 0 Å². The lowest BCUT2D eigenvalue weighted by Gasteiger charge is -2.20. The molecule has 0 atom stereocenters. The molecule has 39 heavy (non-hydrogen) atoms. The quantitative estimate of drug-likeness (QED) is 0.345. The maximum absolute atomic E-state index is 12.9. The molecule has 1 aliphatic heterocycles. The molecule has 0 bridgehead atoms. The molecule has 1 saturated heterocycles. The van der Waals surface area contributed by atoms with Gasteiger partial charge < -0.3 is 0 Å². The van der Waals surface area contributed by atoms with Crippen molar-refractivity contribution >= 4 is 44.8 Å². The Hall–Kier alpha value is -4.49. The summed E-state index contributed by atoms with van der Waals surface area (Å²) in [6, 6.07) is 18.9. The molecular weight excluding hydrogens is 520 g/mol. The number of nitrogens with one attached hydrogen (secondary N) is 3. The highest BCUT2D eigenvalue weighted by atomic mass is 32.2. The van der Waals surface area contributed by atoms with Gasteiger partial charge in [0.1, 0.15) is 11.6 Å². The summed E-state index contributed by atoms with van der Waals surface area (Å²) in [4.78, 5) is 29.2. The molecule has 2 aromatic heterocycles. The molecule has 1 fully saturated rings. The standard InChI is InChI=1S/C26H28N8O4S/c1-26(2,3)21-15-23(29-24(35)28-22-14-11-18-7-5-6-8-20(18)27-22)34(30-21)19-12-9-17(10-13-19)16-33-32(4)25(36)31-39(33,37)38/h5-15H,16H2,1-4H3,(H,31,36)(H2,27,28,29,35). The van der Waals surface area contributed by atoms with E-state index < -0.39 is 22.3 Å². The van der Waals surface area contributed by atoms with E-state index in [-0.39, 0.29) is 12.0 Å². The van der Waals surface area contributed by atoms with Crippen LogP contribution in [-0.4, -0.2) is 51.7 Å². The van der Waals surface area contributed by atoms with Crippen molar-refractivity contribution in [3.8, 4) is 5.69 Å². The molecule has 0 spiro atoms. The number of anilines is 2. The first kappa shape index (κ1) is 26.1. The molecule has 2 aromatic carbocycles. The predicted octanol–water partition coefficient (Wildman–Crippen LogP) is 3.98. The van der Waals surface area contributed by atoms with Crippen molar-refractivity contribution in [2.75, 3.05) is 17.7 Å². The van der Waals surface area contributed by atoms with E-state index in [2.05, 4.69) is 15.6 Å². The van der Waals surface area contributed by atoms with Gasteiger partial charge in [-0.2, -0.15) is 13.5 Å². The van der Waals surface area contributed by atoms with Crippen molar-refractivity contribution in [2.24, 2.45) is 0 Å². The molecule has 4 amide bonds. The zero-order valence-electron chi connectivity index (χ0n) is 21.8. The summed E-state index contributed by atoms with van der Waals surface area (Å²) in [7, 11) is -2.56. The first-order chi connectivity index (χ1) is 18.4. The lowest BCUT2D eigenvalue weighted by molar-refractivity contribution is 0.132. The minimum absolute atomic E-state index is 0.0313. The molecule has 3 heterocycles. The van der Waals surface area contributed by atoms with Crippen LogP contribution in [0.5, 0.6) is 0 Å². The normalized spacial score (nSPS) is 15.4. The number of amides is 4. The lowest BCUT2D eigenvalue weighted by atomic mass is 9.92. The molecule has 202 valence electrons.